The molecule has 1 aromatic rings. The van der Waals surface area contributed by atoms with Crippen LogP contribution in [0.3, 0.4) is 0 Å². The number of rotatable bonds is 8. The Morgan fingerprint density at radius 3 is 2.39 bits per heavy atom. The van der Waals surface area contributed by atoms with Gasteiger partial charge in [-0.3, -0.25) is 14.5 Å². The Bertz CT molecular complexity index is 841. The van der Waals surface area contributed by atoms with E-state index in [9.17, 15) is 23.5 Å². The summed E-state index contributed by atoms with van der Waals surface area (Å²) in [7, 11) is 0. The highest BCUT2D eigenvalue weighted by Gasteiger charge is 2.41. The second kappa shape index (κ2) is 10.1. The fourth-order valence-electron chi connectivity index (χ4n) is 6.11. The Hall–Kier alpha value is -2.06. The highest BCUT2D eigenvalue weighted by Crippen LogP contribution is 2.43. The number of aliphatic hydroxyl groups excluding tert-OH is 1. The van der Waals surface area contributed by atoms with E-state index < -0.39 is 18.4 Å². The summed E-state index contributed by atoms with van der Waals surface area (Å²) in [5.74, 6) is -2.86. The van der Waals surface area contributed by atoms with Crippen molar-refractivity contribution in [2.75, 3.05) is 26.2 Å². The van der Waals surface area contributed by atoms with Crippen LogP contribution in [0.4, 0.5) is 8.78 Å². The number of fused-ring (bicyclic) bond motifs is 2. The minimum absolute atomic E-state index is 0.0696. The van der Waals surface area contributed by atoms with Crippen LogP contribution in [0.2, 0.25) is 0 Å². The van der Waals surface area contributed by atoms with Crippen molar-refractivity contribution in [1.82, 2.24) is 9.80 Å². The van der Waals surface area contributed by atoms with E-state index in [0.717, 1.165) is 37.8 Å². The molecule has 2 aliphatic heterocycles. The Labute approximate surface area is 194 Å². The summed E-state index contributed by atoms with van der Waals surface area (Å²) in [6, 6.07) is 8.47. The first-order chi connectivity index (χ1) is 15.8. The number of amides is 2. The fourth-order valence-corrected chi connectivity index (χ4v) is 6.11. The van der Waals surface area contributed by atoms with E-state index in [1.807, 2.05) is 12.1 Å². The number of nitrogens with zero attached hydrogens (tertiary/aromatic N) is 2. The molecule has 8 heteroatoms. The van der Waals surface area contributed by atoms with Crippen molar-refractivity contribution < 1.29 is 23.5 Å². The molecule has 6 nitrogen and oxygen atoms in total. The monoisotopic (exact) mass is 463 g/mol. The summed E-state index contributed by atoms with van der Waals surface area (Å²) in [6.07, 6.45) is 4.84. The molecule has 0 spiro atoms. The molecule has 1 unspecified atom stereocenters. The molecule has 2 amide bonds. The Balaban J connectivity index is 1.34. The zero-order chi connectivity index (χ0) is 23.6. The van der Waals surface area contributed by atoms with E-state index in [0.29, 0.717) is 49.5 Å². The van der Waals surface area contributed by atoms with Gasteiger partial charge in [0, 0.05) is 50.1 Å². The lowest BCUT2D eigenvalue weighted by Crippen LogP contribution is -2.48. The highest BCUT2D eigenvalue weighted by molar-refractivity contribution is 5.92. The molecule has 3 N–H and O–H groups in total. The largest absolute Gasteiger partial charge is 0.387 e. The van der Waals surface area contributed by atoms with Crippen LogP contribution in [0.25, 0.3) is 0 Å². The maximum absolute atomic E-state index is 13.5. The molecule has 1 aromatic carbocycles. The standard InChI is InChI=1S/C25H35F2N3O3/c26-25(27)8-6-17(7-9-25)15-29(23(32)16-31)10-11-30-21-4-5-22(30)14-20(13-21)18-2-1-3-19(12-18)24(28)33/h1-3,12,17,20-22,31H,4-11,13-16H2,(H2,28,33)/t20?,21-,22+. The zero-order valence-electron chi connectivity index (χ0n) is 19.1. The van der Waals surface area contributed by atoms with E-state index in [1.54, 1.807) is 11.0 Å². The lowest BCUT2D eigenvalue weighted by molar-refractivity contribution is -0.135. The van der Waals surface area contributed by atoms with E-state index in [4.69, 9.17) is 5.73 Å². The normalized spacial score (nSPS) is 27.4. The van der Waals surface area contributed by atoms with Gasteiger partial charge < -0.3 is 15.7 Å². The predicted octanol–water partition coefficient (Wildman–Crippen LogP) is 3.14. The van der Waals surface area contributed by atoms with Gasteiger partial charge in [-0.15, -0.1) is 0 Å². The van der Waals surface area contributed by atoms with E-state index in [-0.39, 0.29) is 24.7 Å². The topological polar surface area (TPSA) is 86.9 Å². The summed E-state index contributed by atoms with van der Waals surface area (Å²) < 4.78 is 27.0. The fraction of sp³-hybridized carbons (Fsp3) is 0.680. The SMILES string of the molecule is NC(=O)c1cccc(C2C[C@H]3CC[C@@H](C2)N3CCN(CC2CCC(F)(F)CC2)C(=O)CO)c1. The molecule has 1 aliphatic carbocycles. The molecule has 3 fully saturated rings. The van der Waals surface area contributed by atoms with Crippen LogP contribution in [-0.2, 0) is 4.79 Å². The predicted molar refractivity (Wildman–Crippen MR) is 121 cm³/mol. The minimum Gasteiger partial charge on any atom is -0.387 e. The van der Waals surface area contributed by atoms with Crippen LogP contribution in [-0.4, -0.2) is 71.0 Å². The zero-order valence-corrected chi connectivity index (χ0v) is 19.1. The molecule has 0 radical (unpaired) electrons. The van der Waals surface area contributed by atoms with Crippen LogP contribution in [0.15, 0.2) is 24.3 Å². The molecule has 33 heavy (non-hydrogen) atoms. The van der Waals surface area contributed by atoms with Gasteiger partial charge in [-0.05, 0) is 68.1 Å². The summed E-state index contributed by atoms with van der Waals surface area (Å²) in [5, 5.41) is 9.44. The summed E-state index contributed by atoms with van der Waals surface area (Å²) in [5.41, 5.74) is 7.15. The molecule has 2 saturated heterocycles. The van der Waals surface area contributed by atoms with Crippen molar-refractivity contribution in [3.05, 3.63) is 35.4 Å². The molecule has 4 rings (SSSR count). The maximum atomic E-state index is 13.5. The van der Waals surface area contributed by atoms with E-state index >= 15 is 0 Å². The lowest BCUT2D eigenvalue weighted by Gasteiger charge is -2.40. The van der Waals surface area contributed by atoms with Gasteiger partial charge in [0.05, 0.1) is 0 Å². The third-order valence-corrected chi connectivity index (χ3v) is 7.96. The van der Waals surface area contributed by atoms with Gasteiger partial charge in [-0.2, -0.15) is 0 Å². The van der Waals surface area contributed by atoms with Crippen molar-refractivity contribution in [3.8, 4) is 0 Å². The summed E-state index contributed by atoms with van der Waals surface area (Å²) >= 11 is 0. The summed E-state index contributed by atoms with van der Waals surface area (Å²) in [4.78, 5) is 28.1. The van der Waals surface area contributed by atoms with Crippen LogP contribution in [0.5, 0.6) is 0 Å². The number of hydrogen-bond acceptors (Lipinski definition) is 4. The first kappa shape index (κ1) is 24.1. The smallest absolute Gasteiger partial charge is 0.248 e. The first-order valence-electron chi connectivity index (χ1n) is 12.2. The molecule has 0 aromatic heterocycles. The van der Waals surface area contributed by atoms with Gasteiger partial charge in [-0.25, -0.2) is 8.78 Å². The van der Waals surface area contributed by atoms with Gasteiger partial charge in [0.2, 0.25) is 17.7 Å². The van der Waals surface area contributed by atoms with Crippen LogP contribution >= 0.6 is 0 Å². The number of carbonyl (C=O) groups is 2. The highest BCUT2D eigenvalue weighted by atomic mass is 19.3. The Kier molecular flexibility index (Phi) is 7.34. The molecule has 2 bridgehead atoms. The number of benzene rings is 1. The molecular weight excluding hydrogens is 428 g/mol. The number of halogens is 2. The van der Waals surface area contributed by atoms with Gasteiger partial charge >= 0.3 is 0 Å². The van der Waals surface area contributed by atoms with Crippen molar-refractivity contribution >= 4 is 11.8 Å². The molecular formula is C25H35F2N3O3. The Morgan fingerprint density at radius 1 is 1.12 bits per heavy atom. The third kappa shape index (κ3) is 5.72. The van der Waals surface area contributed by atoms with Crippen molar-refractivity contribution in [2.24, 2.45) is 11.7 Å². The lowest BCUT2D eigenvalue weighted by atomic mass is 9.84. The number of aliphatic hydroxyl groups is 1. The minimum atomic E-state index is -2.58. The van der Waals surface area contributed by atoms with Gasteiger partial charge in [-0.1, -0.05) is 12.1 Å². The number of alkyl halides is 2. The van der Waals surface area contributed by atoms with Crippen LogP contribution < -0.4 is 5.73 Å². The van der Waals surface area contributed by atoms with Crippen LogP contribution in [0, 0.1) is 5.92 Å². The third-order valence-electron chi connectivity index (χ3n) is 7.96. The van der Waals surface area contributed by atoms with E-state index in [1.165, 1.54) is 0 Å². The average molecular weight is 464 g/mol. The number of primary amides is 1. The maximum Gasteiger partial charge on any atom is 0.248 e. The van der Waals surface area contributed by atoms with Gasteiger partial charge in [0.1, 0.15) is 6.61 Å². The van der Waals surface area contributed by atoms with Crippen molar-refractivity contribution in [1.29, 1.82) is 0 Å². The number of hydrogen-bond donors (Lipinski definition) is 2. The quantitative estimate of drug-likeness (QED) is 0.620. The molecule has 3 aliphatic rings. The second-order valence-electron chi connectivity index (χ2n) is 10.1. The Morgan fingerprint density at radius 2 is 1.79 bits per heavy atom. The molecule has 2 heterocycles. The number of piperidine rings is 1. The van der Waals surface area contributed by atoms with Crippen molar-refractivity contribution in [2.45, 2.75) is 75.3 Å². The molecule has 182 valence electrons. The average Bonchev–Trinajstić information content (AvgIpc) is 3.03. The summed E-state index contributed by atoms with van der Waals surface area (Å²) in [6.45, 7) is 1.15. The van der Waals surface area contributed by atoms with Gasteiger partial charge in [0.15, 0.2) is 0 Å². The molecule has 3 atom stereocenters. The van der Waals surface area contributed by atoms with Crippen molar-refractivity contribution in [3.63, 3.8) is 0 Å². The first-order valence-corrected chi connectivity index (χ1v) is 12.2. The van der Waals surface area contributed by atoms with Crippen LogP contribution in [0.1, 0.15) is 73.2 Å². The second-order valence-corrected chi connectivity index (χ2v) is 10.1. The number of carbonyl (C=O) groups excluding carboxylic acids is 2. The number of nitrogens with two attached hydrogens (primary N) is 1. The van der Waals surface area contributed by atoms with E-state index in [2.05, 4.69) is 11.0 Å². The molecule has 1 saturated carbocycles. The van der Waals surface area contributed by atoms with Gasteiger partial charge in [0.25, 0.3) is 0 Å².